The molecule has 1 amide bonds. The number of hydrogen-bond donors (Lipinski definition) is 2. The van der Waals surface area contributed by atoms with Gasteiger partial charge in [-0.3, -0.25) is 4.79 Å². The molecule has 5 nitrogen and oxygen atoms in total. The summed E-state index contributed by atoms with van der Waals surface area (Å²) in [5.74, 6) is 0.668. The van der Waals surface area contributed by atoms with E-state index in [1.54, 1.807) is 25.1 Å². The molecule has 1 atom stereocenters. The monoisotopic (exact) mass is 280 g/mol. The number of ether oxygens (including phenoxy) is 2. The summed E-state index contributed by atoms with van der Waals surface area (Å²) in [6, 6.07) is 5.24. The first kappa shape index (κ1) is 16.3. The molecule has 0 saturated heterocycles. The molecule has 112 valence electrons. The van der Waals surface area contributed by atoms with Gasteiger partial charge in [0.05, 0.1) is 13.2 Å². The van der Waals surface area contributed by atoms with Crippen molar-refractivity contribution in [2.75, 3.05) is 13.2 Å². The molecule has 1 unspecified atom stereocenters. The van der Waals surface area contributed by atoms with Gasteiger partial charge >= 0.3 is 0 Å². The molecular weight excluding hydrogens is 256 g/mol. The normalized spacial score (nSPS) is 13.6. The Kier molecular flexibility index (Phi) is 5.82. The van der Waals surface area contributed by atoms with Crippen molar-refractivity contribution < 1.29 is 14.3 Å². The summed E-state index contributed by atoms with van der Waals surface area (Å²) in [6.45, 7) is 6.82. The topological polar surface area (TPSA) is 87.6 Å². The van der Waals surface area contributed by atoms with E-state index in [1.807, 2.05) is 13.8 Å². The maximum atomic E-state index is 11.4. The fourth-order valence-corrected chi connectivity index (χ4v) is 1.63. The second kappa shape index (κ2) is 7.14. The van der Waals surface area contributed by atoms with Crippen LogP contribution in [0.2, 0.25) is 0 Å². The number of carbonyl (C=O) groups is 1. The number of carbonyl (C=O) groups excluding carboxylic acids is 1. The van der Waals surface area contributed by atoms with E-state index in [0.29, 0.717) is 30.3 Å². The Morgan fingerprint density at radius 2 is 1.70 bits per heavy atom. The average Bonchev–Trinajstić information content (AvgIpc) is 2.42. The van der Waals surface area contributed by atoms with Crippen molar-refractivity contribution >= 4 is 5.91 Å². The van der Waals surface area contributed by atoms with Crippen LogP contribution in [0.4, 0.5) is 0 Å². The van der Waals surface area contributed by atoms with E-state index in [2.05, 4.69) is 0 Å². The minimum atomic E-state index is -1.23. The third kappa shape index (κ3) is 3.87. The fourth-order valence-electron chi connectivity index (χ4n) is 1.63. The van der Waals surface area contributed by atoms with Gasteiger partial charge in [-0.2, -0.15) is 0 Å². The lowest BCUT2D eigenvalue weighted by molar-refractivity contribution is -0.122. The predicted molar refractivity (Wildman–Crippen MR) is 78.7 cm³/mol. The molecule has 0 radical (unpaired) electrons. The molecular formula is C15H24N2O3. The Bertz CT molecular complexity index is 458. The van der Waals surface area contributed by atoms with Crippen LogP contribution in [0.5, 0.6) is 11.5 Å². The number of primary amides is 1. The number of amides is 1. The van der Waals surface area contributed by atoms with Gasteiger partial charge in [0, 0.05) is 0 Å². The van der Waals surface area contributed by atoms with Crippen LogP contribution in [0.25, 0.3) is 0 Å². The largest absolute Gasteiger partial charge is 0.490 e. The molecule has 0 aliphatic carbocycles. The van der Waals surface area contributed by atoms with Crippen molar-refractivity contribution in [3.05, 3.63) is 23.8 Å². The molecule has 0 saturated carbocycles. The first-order valence-corrected chi connectivity index (χ1v) is 6.92. The molecule has 1 rings (SSSR count). The first-order valence-electron chi connectivity index (χ1n) is 6.92. The predicted octanol–water partition coefficient (Wildman–Crippen LogP) is 1.92. The van der Waals surface area contributed by atoms with Crippen LogP contribution in [0.3, 0.4) is 0 Å². The van der Waals surface area contributed by atoms with Crippen LogP contribution in [0.1, 0.15) is 39.2 Å². The van der Waals surface area contributed by atoms with E-state index < -0.39 is 11.4 Å². The van der Waals surface area contributed by atoms with Gasteiger partial charge < -0.3 is 20.9 Å². The summed E-state index contributed by atoms with van der Waals surface area (Å²) < 4.78 is 11.3. The number of benzene rings is 1. The van der Waals surface area contributed by atoms with Gasteiger partial charge in [0.1, 0.15) is 5.54 Å². The van der Waals surface area contributed by atoms with Gasteiger partial charge in [-0.25, -0.2) is 0 Å². The van der Waals surface area contributed by atoms with E-state index in [9.17, 15) is 4.79 Å². The van der Waals surface area contributed by atoms with E-state index in [1.165, 1.54) is 0 Å². The molecule has 5 heteroatoms. The van der Waals surface area contributed by atoms with Gasteiger partial charge in [0.2, 0.25) is 5.91 Å². The Balaban J connectivity index is 3.09. The van der Waals surface area contributed by atoms with Crippen molar-refractivity contribution in [1.29, 1.82) is 0 Å². The van der Waals surface area contributed by atoms with Crippen LogP contribution in [0, 0.1) is 0 Å². The summed E-state index contributed by atoms with van der Waals surface area (Å²) in [5.41, 5.74) is 10.7. The summed E-state index contributed by atoms with van der Waals surface area (Å²) in [4.78, 5) is 11.4. The van der Waals surface area contributed by atoms with Gasteiger partial charge in [-0.05, 0) is 37.5 Å². The molecule has 0 aliphatic rings. The number of nitrogens with two attached hydrogens (primary N) is 2. The van der Waals surface area contributed by atoms with Crippen molar-refractivity contribution in [2.24, 2.45) is 11.5 Å². The molecule has 1 aromatic carbocycles. The molecule has 0 fully saturated rings. The maximum absolute atomic E-state index is 11.4. The summed E-state index contributed by atoms with van der Waals surface area (Å²) >= 11 is 0. The second-order valence-electron chi connectivity index (χ2n) is 4.93. The van der Waals surface area contributed by atoms with Gasteiger partial charge in [0.25, 0.3) is 0 Å². The third-order valence-electron chi connectivity index (χ3n) is 2.98. The van der Waals surface area contributed by atoms with Crippen molar-refractivity contribution in [2.45, 2.75) is 39.2 Å². The maximum Gasteiger partial charge on any atom is 0.241 e. The average molecular weight is 280 g/mol. The summed E-state index contributed by atoms with van der Waals surface area (Å²) in [7, 11) is 0. The molecule has 0 bridgehead atoms. The lowest BCUT2D eigenvalue weighted by Crippen LogP contribution is -2.46. The standard InChI is InChI=1S/C15H24N2O3/c1-4-8-19-12-7-6-11(15(3,17)14(16)18)10-13(12)20-9-5-2/h6-7,10H,4-5,8-9,17H2,1-3H3,(H2,16,18). The Morgan fingerprint density at radius 1 is 1.15 bits per heavy atom. The molecule has 0 aliphatic heterocycles. The van der Waals surface area contributed by atoms with Crippen molar-refractivity contribution in [1.82, 2.24) is 0 Å². The first-order chi connectivity index (χ1) is 9.43. The van der Waals surface area contributed by atoms with Crippen LogP contribution in [-0.2, 0) is 10.3 Å². The molecule has 0 heterocycles. The number of rotatable bonds is 8. The second-order valence-corrected chi connectivity index (χ2v) is 4.93. The van der Waals surface area contributed by atoms with Crippen LogP contribution in [0.15, 0.2) is 18.2 Å². The van der Waals surface area contributed by atoms with E-state index in [0.717, 1.165) is 12.8 Å². The zero-order valence-electron chi connectivity index (χ0n) is 12.4. The molecule has 0 aromatic heterocycles. The van der Waals surface area contributed by atoms with E-state index >= 15 is 0 Å². The van der Waals surface area contributed by atoms with Crippen molar-refractivity contribution in [3.8, 4) is 11.5 Å². The van der Waals surface area contributed by atoms with Crippen molar-refractivity contribution in [3.63, 3.8) is 0 Å². The van der Waals surface area contributed by atoms with Crippen LogP contribution < -0.4 is 20.9 Å². The van der Waals surface area contributed by atoms with Crippen LogP contribution in [-0.4, -0.2) is 19.1 Å². The highest BCUT2D eigenvalue weighted by Crippen LogP contribution is 2.32. The Labute approximate surface area is 120 Å². The molecule has 20 heavy (non-hydrogen) atoms. The van der Waals surface area contributed by atoms with Gasteiger partial charge in [-0.15, -0.1) is 0 Å². The highest BCUT2D eigenvalue weighted by Gasteiger charge is 2.29. The fraction of sp³-hybridized carbons (Fsp3) is 0.533. The highest BCUT2D eigenvalue weighted by atomic mass is 16.5. The Hall–Kier alpha value is -1.75. The molecule has 0 spiro atoms. The Morgan fingerprint density at radius 3 is 2.20 bits per heavy atom. The van der Waals surface area contributed by atoms with Gasteiger partial charge in [0.15, 0.2) is 11.5 Å². The number of hydrogen-bond acceptors (Lipinski definition) is 4. The zero-order chi connectivity index (χ0) is 15.2. The summed E-state index contributed by atoms with van der Waals surface area (Å²) in [5, 5.41) is 0. The quantitative estimate of drug-likeness (QED) is 0.761. The van der Waals surface area contributed by atoms with E-state index in [-0.39, 0.29) is 0 Å². The minimum absolute atomic E-state index is 0.573. The van der Waals surface area contributed by atoms with E-state index in [4.69, 9.17) is 20.9 Å². The molecule has 4 N–H and O–H groups in total. The third-order valence-corrected chi connectivity index (χ3v) is 2.98. The summed E-state index contributed by atoms with van der Waals surface area (Å²) in [6.07, 6.45) is 1.79. The smallest absolute Gasteiger partial charge is 0.241 e. The highest BCUT2D eigenvalue weighted by molar-refractivity contribution is 5.85. The lowest BCUT2D eigenvalue weighted by Gasteiger charge is -2.22. The molecule has 1 aromatic rings. The van der Waals surface area contributed by atoms with Gasteiger partial charge in [-0.1, -0.05) is 19.9 Å². The zero-order valence-corrected chi connectivity index (χ0v) is 12.4. The van der Waals surface area contributed by atoms with Crippen LogP contribution >= 0.6 is 0 Å². The minimum Gasteiger partial charge on any atom is -0.490 e. The lowest BCUT2D eigenvalue weighted by atomic mass is 9.92. The SMILES string of the molecule is CCCOc1ccc(C(C)(N)C(N)=O)cc1OCCC.